The van der Waals surface area contributed by atoms with Gasteiger partial charge >= 0.3 is 0 Å². The molecule has 138 valence electrons. The van der Waals surface area contributed by atoms with Crippen LogP contribution in [0, 0.1) is 0 Å². The van der Waals surface area contributed by atoms with Crippen LogP contribution in [0.15, 0.2) is 54.3 Å². The van der Waals surface area contributed by atoms with Crippen molar-refractivity contribution in [3.05, 3.63) is 65.6 Å². The maximum atomic E-state index is 12.5. The average molecular weight is 363 g/mol. The largest absolute Gasteiger partial charge is 0.382 e. The lowest BCUT2D eigenvalue weighted by molar-refractivity contribution is -0.124. The smallest absolute Gasteiger partial charge is 0.278 e. The van der Waals surface area contributed by atoms with Crippen LogP contribution >= 0.6 is 0 Å². The molecule has 7 nitrogen and oxygen atoms in total. The van der Waals surface area contributed by atoms with E-state index >= 15 is 0 Å². The zero-order valence-corrected chi connectivity index (χ0v) is 15.3. The zero-order valence-electron chi connectivity index (χ0n) is 15.3. The molecule has 0 fully saturated rings. The number of aromatic nitrogens is 2. The topological polar surface area (TPSA) is 101 Å². The van der Waals surface area contributed by atoms with Crippen LogP contribution < -0.4 is 11.1 Å². The summed E-state index contributed by atoms with van der Waals surface area (Å²) < 4.78 is 0. The number of rotatable bonds is 4. The van der Waals surface area contributed by atoms with Gasteiger partial charge < -0.3 is 16.0 Å². The Hall–Kier alpha value is -3.48. The molecular weight excluding hydrogens is 342 g/mol. The molecule has 0 radical (unpaired) electrons. The second-order valence-corrected chi connectivity index (χ2v) is 6.39. The summed E-state index contributed by atoms with van der Waals surface area (Å²) in [7, 11) is 3.46. The fourth-order valence-electron chi connectivity index (χ4n) is 2.75. The van der Waals surface area contributed by atoms with Gasteiger partial charge in [-0.2, -0.15) is 0 Å². The maximum absolute atomic E-state index is 12.5. The summed E-state index contributed by atoms with van der Waals surface area (Å²) in [6.07, 6.45) is 6.44. The second-order valence-electron chi connectivity index (χ2n) is 6.39. The molecule has 1 heterocycles. The summed E-state index contributed by atoms with van der Waals surface area (Å²) in [5, 5.41) is 2.76. The number of nitrogens with two attached hydrogens (primary N) is 1. The molecule has 0 bridgehead atoms. The van der Waals surface area contributed by atoms with Crippen molar-refractivity contribution in [1.82, 2.24) is 14.9 Å². The van der Waals surface area contributed by atoms with E-state index in [1.807, 2.05) is 24.3 Å². The Balaban J connectivity index is 1.83. The van der Waals surface area contributed by atoms with Gasteiger partial charge in [0.05, 0.1) is 11.9 Å². The number of amides is 2. The highest BCUT2D eigenvalue weighted by atomic mass is 16.2. The van der Waals surface area contributed by atoms with Gasteiger partial charge in [0.15, 0.2) is 11.5 Å². The number of nitrogens with zero attached hydrogens (tertiary/aromatic N) is 3. The Labute approximate surface area is 157 Å². The summed E-state index contributed by atoms with van der Waals surface area (Å²) >= 11 is 0. The number of carbonyl (C=O) groups is 2. The van der Waals surface area contributed by atoms with Crippen LogP contribution in [0.5, 0.6) is 0 Å². The number of benzene rings is 1. The molecule has 3 N–H and O–H groups in total. The molecule has 27 heavy (non-hydrogen) atoms. The van der Waals surface area contributed by atoms with E-state index in [1.165, 1.54) is 0 Å². The number of carbonyl (C=O) groups excluding carboxylic acids is 2. The van der Waals surface area contributed by atoms with E-state index in [4.69, 9.17) is 5.73 Å². The van der Waals surface area contributed by atoms with Crippen molar-refractivity contribution in [2.45, 2.75) is 12.8 Å². The number of likely N-dealkylation sites (N-methyl/N-ethyl adjacent to an activating group) is 1. The minimum atomic E-state index is -0.413. The monoisotopic (exact) mass is 363 g/mol. The highest BCUT2D eigenvalue weighted by Crippen LogP contribution is 2.27. The Morgan fingerprint density at radius 1 is 1.11 bits per heavy atom. The molecular formula is C20H21N5O2. The fraction of sp³-hybridized carbons (Fsp3) is 0.200. The fourth-order valence-corrected chi connectivity index (χ4v) is 2.75. The van der Waals surface area contributed by atoms with Crippen LogP contribution in [0.25, 0.3) is 5.57 Å². The number of para-hydroxylation sites is 1. The lowest BCUT2D eigenvalue weighted by Crippen LogP contribution is -2.24. The van der Waals surface area contributed by atoms with Crippen molar-refractivity contribution in [3.8, 4) is 0 Å². The van der Waals surface area contributed by atoms with Gasteiger partial charge in [-0.1, -0.05) is 30.4 Å². The molecule has 0 atom stereocenters. The zero-order chi connectivity index (χ0) is 19.4. The second kappa shape index (κ2) is 7.82. The van der Waals surface area contributed by atoms with Crippen molar-refractivity contribution in [2.24, 2.45) is 0 Å². The first kappa shape index (κ1) is 18.3. The van der Waals surface area contributed by atoms with E-state index in [-0.39, 0.29) is 17.4 Å². The highest BCUT2D eigenvalue weighted by molar-refractivity contribution is 6.05. The minimum absolute atomic E-state index is 0.00313. The third-order valence-electron chi connectivity index (χ3n) is 4.21. The van der Waals surface area contributed by atoms with Crippen molar-refractivity contribution < 1.29 is 9.59 Å². The molecule has 1 aromatic heterocycles. The Morgan fingerprint density at radius 3 is 2.48 bits per heavy atom. The predicted molar refractivity (Wildman–Crippen MR) is 105 cm³/mol. The third-order valence-corrected chi connectivity index (χ3v) is 4.21. The number of nitrogens with one attached hydrogen (secondary N) is 1. The average Bonchev–Trinajstić information content (AvgIpc) is 2.68. The Kier molecular flexibility index (Phi) is 5.30. The lowest BCUT2D eigenvalue weighted by Gasteiger charge is -2.17. The minimum Gasteiger partial charge on any atom is -0.382 e. The van der Waals surface area contributed by atoms with Crippen molar-refractivity contribution >= 4 is 28.9 Å². The standard InChI is InChI=1S/C20H21N5O2/c1-25(2)20(27)14-10-8-13(9-11-14)16-12-22-18(21)17(24-16)19(26)23-15-6-4-3-5-7-15/h3-8,10,12H,9,11H2,1-2H3,(H2,21,22)(H,23,26). The van der Waals surface area contributed by atoms with Gasteiger partial charge in [-0.25, -0.2) is 9.97 Å². The molecule has 0 spiro atoms. The first-order chi connectivity index (χ1) is 13.0. The molecule has 0 unspecified atom stereocenters. The van der Waals surface area contributed by atoms with Crippen LogP contribution in [-0.2, 0) is 4.79 Å². The third kappa shape index (κ3) is 4.20. The van der Waals surface area contributed by atoms with Crippen LogP contribution in [0.4, 0.5) is 11.5 Å². The maximum Gasteiger partial charge on any atom is 0.278 e. The van der Waals surface area contributed by atoms with E-state index in [1.54, 1.807) is 43.4 Å². The highest BCUT2D eigenvalue weighted by Gasteiger charge is 2.19. The van der Waals surface area contributed by atoms with E-state index in [9.17, 15) is 9.59 Å². The number of anilines is 2. The van der Waals surface area contributed by atoms with Crippen LogP contribution in [0.3, 0.4) is 0 Å². The van der Waals surface area contributed by atoms with E-state index < -0.39 is 5.91 Å². The van der Waals surface area contributed by atoms with Gasteiger partial charge in [-0.15, -0.1) is 0 Å². The number of hydrogen-bond acceptors (Lipinski definition) is 5. The van der Waals surface area contributed by atoms with Crippen molar-refractivity contribution in [2.75, 3.05) is 25.1 Å². The van der Waals surface area contributed by atoms with Gasteiger partial charge in [0, 0.05) is 25.4 Å². The SMILES string of the molecule is CN(C)C(=O)C1=CC=C(c2cnc(N)c(C(=O)Nc3ccccc3)n2)CC1. The van der Waals surface area contributed by atoms with Gasteiger partial charge in [0.1, 0.15) is 0 Å². The van der Waals surface area contributed by atoms with Gasteiger partial charge in [0.2, 0.25) is 5.91 Å². The molecule has 7 heteroatoms. The quantitative estimate of drug-likeness (QED) is 0.869. The van der Waals surface area contributed by atoms with Crippen LogP contribution in [0.2, 0.25) is 0 Å². The molecule has 0 saturated carbocycles. The van der Waals surface area contributed by atoms with Gasteiger partial charge in [-0.3, -0.25) is 9.59 Å². The Morgan fingerprint density at radius 2 is 1.85 bits per heavy atom. The van der Waals surface area contributed by atoms with E-state index in [0.717, 1.165) is 11.1 Å². The van der Waals surface area contributed by atoms with Gasteiger partial charge in [-0.05, 0) is 30.5 Å². The molecule has 1 aliphatic carbocycles. The first-order valence-electron chi connectivity index (χ1n) is 8.56. The lowest BCUT2D eigenvalue weighted by atomic mass is 9.95. The summed E-state index contributed by atoms with van der Waals surface area (Å²) in [6.45, 7) is 0. The van der Waals surface area contributed by atoms with Crippen molar-refractivity contribution in [1.29, 1.82) is 0 Å². The van der Waals surface area contributed by atoms with Crippen LogP contribution in [-0.4, -0.2) is 40.8 Å². The molecule has 2 amide bonds. The summed E-state index contributed by atoms with van der Waals surface area (Å²) in [5.74, 6) is -0.345. The summed E-state index contributed by atoms with van der Waals surface area (Å²) in [6, 6.07) is 9.08. The number of hydrogen-bond donors (Lipinski definition) is 2. The molecule has 0 saturated heterocycles. The molecule has 3 rings (SSSR count). The van der Waals surface area contributed by atoms with E-state index in [2.05, 4.69) is 15.3 Å². The molecule has 0 aliphatic heterocycles. The predicted octanol–water partition coefficient (Wildman–Crippen LogP) is 2.50. The van der Waals surface area contributed by atoms with Gasteiger partial charge in [0.25, 0.3) is 5.91 Å². The first-order valence-corrected chi connectivity index (χ1v) is 8.56. The number of allylic oxidation sites excluding steroid dienone is 3. The Bertz CT molecular complexity index is 933. The molecule has 1 aromatic carbocycles. The normalized spacial score (nSPS) is 13.4. The van der Waals surface area contributed by atoms with Crippen LogP contribution in [0.1, 0.15) is 29.0 Å². The molecule has 1 aliphatic rings. The van der Waals surface area contributed by atoms with E-state index in [0.29, 0.717) is 24.2 Å². The summed E-state index contributed by atoms with van der Waals surface area (Å²) in [4.78, 5) is 34.6. The number of nitrogen functional groups attached to an aromatic ring is 1. The summed E-state index contributed by atoms with van der Waals surface area (Å²) in [5.41, 5.74) is 8.82. The van der Waals surface area contributed by atoms with Crippen molar-refractivity contribution in [3.63, 3.8) is 0 Å². The molecule has 2 aromatic rings.